The minimum absolute atomic E-state index is 0.100. The summed E-state index contributed by atoms with van der Waals surface area (Å²) in [7, 11) is 0. The highest BCUT2D eigenvalue weighted by molar-refractivity contribution is 5.71. The number of unbranched alkanes of at least 4 members (excludes halogenated alkanes) is 26. The van der Waals surface area contributed by atoms with Crippen LogP contribution >= 0.6 is 0 Å². The second-order valence-corrected chi connectivity index (χ2v) is 20.2. The van der Waals surface area contributed by atoms with Crippen molar-refractivity contribution in [1.29, 1.82) is 0 Å². The standard InChI is InChI=1S/C68H114O6/c1-4-7-10-13-16-19-22-25-28-31-32-33-34-35-36-38-40-43-46-49-52-55-58-61-67(70)73-64-65(63-72-66(69)60-57-54-51-48-45-42-39-30-27-24-21-18-15-12-9-6-3)74-68(71)62-59-56-53-50-47-44-41-37-29-26-23-20-17-14-11-8-5-2/h7-8,10-11,16-17,19-20,25-26,28-29,32-33,41,44,50,53,65H,4-6,9,12-15,18,21-24,27,30-31,34-40,42-43,45-49,51-52,54-64H2,1-3H3/b10-7-,11-8-,19-16-,20-17-,28-25-,29-26-,33-32-,44-41-,53-50-. The van der Waals surface area contributed by atoms with Crippen LogP contribution in [-0.4, -0.2) is 37.2 Å². The van der Waals surface area contributed by atoms with Gasteiger partial charge in [-0.05, 0) is 96.3 Å². The Bertz CT molecular complexity index is 1510. The van der Waals surface area contributed by atoms with Crippen LogP contribution in [0.25, 0.3) is 0 Å². The molecule has 0 N–H and O–H groups in total. The minimum Gasteiger partial charge on any atom is -0.462 e. The van der Waals surface area contributed by atoms with Crippen molar-refractivity contribution in [2.24, 2.45) is 0 Å². The molecule has 0 aromatic carbocycles. The maximum Gasteiger partial charge on any atom is 0.306 e. The van der Waals surface area contributed by atoms with Gasteiger partial charge in [-0.15, -0.1) is 0 Å². The van der Waals surface area contributed by atoms with Crippen molar-refractivity contribution in [2.75, 3.05) is 13.2 Å². The van der Waals surface area contributed by atoms with Gasteiger partial charge in [-0.1, -0.05) is 278 Å². The molecule has 6 nitrogen and oxygen atoms in total. The summed E-state index contributed by atoms with van der Waals surface area (Å²) >= 11 is 0. The normalized spacial score (nSPS) is 12.9. The third kappa shape index (κ3) is 59.0. The molecular weight excluding hydrogens is 913 g/mol. The van der Waals surface area contributed by atoms with Crippen LogP contribution in [0.5, 0.6) is 0 Å². The SMILES string of the molecule is CC/C=C\C/C=C\C/C=C\C/C=C\C/C=C\CCCC(=O)OC(COC(=O)CCCCCCCCCCCC/C=C\C/C=C\C/C=C\C/C=C\CC)COC(=O)CCCCCCCCCCCCCCCCCC. The number of carbonyl (C=O) groups excluding carboxylic acids is 3. The first-order chi connectivity index (χ1) is 36.5. The lowest BCUT2D eigenvalue weighted by atomic mass is 10.0. The van der Waals surface area contributed by atoms with Gasteiger partial charge in [0, 0.05) is 19.3 Å². The van der Waals surface area contributed by atoms with Crippen molar-refractivity contribution < 1.29 is 28.6 Å². The smallest absolute Gasteiger partial charge is 0.306 e. The van der Waals surface area contributed by atoms with Gasteiger partial charge in [0.05, 0.1) is 0 Å². The summed E-state index contributed by atoms with van der Waals surface area (Å²) in [5, 5.41) is 0. The zero-order valence-corrected chi connectivity index (χ0v) is 48.3. The molecular formula is C68H114O6. The first-order valence-corrected chi connectivity index (χ1v) is 30.9. The third-order valence-corrected chi connectivity index (χ3v) is 13.0. The largest absolute Gasteiger partial charge is 0.462 e. The lowest BCUT2D eigenvalue weighted by molar-refractivity contribution is -0.167. The van der Waals surface area contributed by atoms with E-state index in [-0.39, 0.29) is 37.5 Å². The Balaban J connectivity index is 4.43. The number of allylic oxidation sites excluding steroid dienone is 18. The molecule has 74 heavy (non-hydrogen) atoms. The zero-order chi connectivity index (χ0) is 53.6. The molecule has 0 aromatic rings. The van der Waals surface area contributed by atoms with E-state index in [9.17, 15) is 14.4 Å². The number of hydrogen-bond donors (Lipinski definition) is 0. The van der Waals surface area contributed by atoms with E-state index >= 15 is 0 Å². The minimum atomic E-state index is -0.811. The van der Waals surface area contributed by atoms with Crippen LogP contribution in [-0.2, 0) is 28.6 Å². The maximum absolute atomic E-state index is 12.9. The molecule has 0 aliphatic heterocycles. The van der Waals surface area contributed by atoms with E-state index in [2.05, 4.69) is 130 Å². The van der Waals surface area contributed by atoms with Crippen LogP contribution in [0.15, 0.2) is 109 Å². The van der Waals surface area contributed by atoms with Crippen molar-refractivity contribution in [3.05, 3.63) is 109 Å². The average Bonchev–Trinajstić information content (AvgIpc) is 3.40. The number of carbonyl (C=O) groups is 3. The first-order valence-electron chi connectivity index (χ1n) is 30.9. The second-order valence-electron chi connectivity index (χ2n) is 20.2. The van der Waals surface area contributed by atoms with E-state index < -0.39 is 6.10 Å². The molecule has 0 spiro atoms. The highest BCUT2D eigenvalue weighted by Crippen LogP contribution is 2.16. The number of esters is 3. The van der Waals surface area contributed by atoms with E-state index in [1.54, 1.807) is 0 Å². The highest BCUT2D eigenvalue weighted by atomic mass is 16.6. The van der Waals surface area contributed by atoms with Gasteiger partial charge in [-0.3, -0.25) is 14.4 Å². The predicted molar refractivity (Wildman–Crippen MR) is 320 cm³/mol. The molecule has 0 saturated heterocycles. The van der Waals surface area contributed by atoms with Crippen LogP contribution in [0, 0.1) is 0 Å². The van der Waals surface area contributed by atoms with E-state index in [0.29, 0.717) is 19.3 Å². The summed E-state index contributed by atoms with van der Waals surface area (Å²) in [4.78, 5) is 38.3. The van der Waals surface area contributed by atoms with Gasteiger partial charge in [0.25, 0.3) is 0 Å². The van der Waals surface area contributed by atoms with Crippen molar-refractivity contribution in [2.45, 2.75) is 290 Å². The molecule has 0 aromatic heterocycles. The Morgan fingerprint density at radius 1 is 0.284 bits per heavy atom. The lowest BCUT2D eigenvalue weighted by Crippen LogP contribution is -2.30. The van der Waals surface area contributed by atoms with Gasteiger partial charge in [0.1, 0.15) is 13.2 Å². The summed E-state index contributed by atoms with van der Waals surface area (Å²) in [6, 6.07) is 0. The molecule has 6 heteroatoms. The first kappa shape index (κ1) is 70.1. The topological polar surface area (TPSA) is 78.9 Å². The zero-order valence-electron chi connectivity index (χ0n) is 48.3. The summed E-state index contributed by atoms with van der Waals surface area (Å²) in [5.41, 5.74) is 0. The van der Waals surface area contributed by atoms with Gasteiger partial charge >= 0.3 is 17.9 Å². The number of hydrogen-bond acceptors (Lipinski definition) is 6. The monoisotopic (exact) mass is 1030 g/mol. The van der Waals surface area contributed by atoms with Crippen LogP contribution in [0.2, 0.25) is 0 Å². The van der Waals surface area contributed by atoms with Crippen molar-refractivity contribution >= 4 is 17.9 Å². The highest BCUT2D eigenvalue weighted by Gasteiger charge is 2.19. The molecule has 0 heterocycles. The Morgan fingerprint density at radius 2 is 0.541 bits per heavy atom. The summed E-state index contributed by atoms with van der Waals surface area (Å²) in [6.07, 6.45) is 83.8. The Morgan fingerprint density at radius 3 is 0.865 bits per heavy atom. The summed E-state index contributed by atoms with van der Waals surface area (Å²) in [5.74, 6) is -0.956. The summed E-state index contributed by atoms with van der Waals surface area (Å²) in [6.45, 7) is 6.39. The van der Waals surface area contributed by atoms with Crippen LogP contribution < -0.4 is 0 Å². The van der Waals surface area contributed by atoms with E-state index in [4.69, 9.17) is 14.2 Å². The second kappa shape index (κ2) is 61.6. The quantitative estimate of drug-likeness (QED) is 0.0261. The Hall–Kier alpha value is -3.93. The molecule has 1 atom stereocenters. The fourth-order valence-electron chi connectivity index (χ4n) is 8.47. The molecule has 0 aliphatic rings. The molecule has 0 rings (SSSR count). The van der Waals surface area contributed by atoms with Crippen molar-refractivity contribution in [3.8, 4) is 0 Å². The Kier molecular flexibility index (Phi) is 58.3. The van der Waals surface area contributed by atoms with Crippen LogP contribution in [0.3, 0.4) is 0 Å². The fourth-order valence-corrected chi connectivity index (χ4v) is 8.47. The van der Waals surface area contributed by atoms with Crippen LogP contribution in [0.4, 0.5) is 0 Å². The van der Waals surface area contributed by atoms with Gasteiger partial charge < -0.3 is 14.2 Å². The molecule has 0 amide bonds. The van der Waals surface area contributed by atoms with Gasteiger partial charge in [0.2, 0.25) is 0 Å². The van der Waals surface area contributed by atoms with Crippen LogP contribution in [0.1, 0.15) is 284 Å². The number of rotatable bonds is 55. The molecule has 0 radical (unpaired) electrons. The van der Waals surface area contributed by atoms with Gasteiger partial charge in [-0.2, -0.15) is 0 Å². The summed E-state index contributed by atoms with van der Waals surface area (Å²) < 4.78 is 16.9. The molecule has 0 saturated carbocycles. The Labute approximate surface area is 457 Å². The third-order valence-electron chi connectivity index (χ3n) is 13.0. The molecule has 0 aliphatic carbocycles. The van der Waals surface area contributed by atoms with E-state index in [0.717, 1.165) is 103 Å². The van der Waals surface area contributed by atoms with Gasteiger partial charge in [0.15, 0.2) is 6.10 Å². The molecule has 0 bridgehead atoms. The van der Waals surface area contributed by atoms with Gasteiger partial charge in [-0.25, -0.2) is 0 Å². The predicted octanol–water partition coefficient (Wildman–Crippen LogP) is 21.0. The number of ether oxygens (including phenoxy) is 3. The lowest BCUT2D eigenvalue weighted by Gasteiger charge is -2.18. The average molecular weight is 1030 g/mol. The van der Waals surface area contributed by atoms with E-state index in [1.165, 1.54) is 135 Å². The fraction of sp³-hybridized carbons (Fsp3) is 0.691. The van der Waals surface area contributed by atoms with E-state index in [1.807, 2.05) is 0 Å². The van der Waals surface area contributed by atoms with Crippen molar-refractivity contribution in [3.63, 3.8) is 0 Å². The van der Waals surface area contributed by atoms with Crippen molar-refractivity contribution in [1.82, 2.24) is 0 Å². The molecule has 422 valence electrons. The maximum atomic E-state index is 12.9. The molecule has 1 unspecified atom stereocenters. The molecule has 0 fully saturated rings.